The Balaban J connectivity index is 3.50. The van der Waals surface area contributed by atoms with Crippen LogP contribution in [0.25, 0.3) is 0 Å². The fourth-order valence-electron chi connectivity index (χ4n) is 3.23. The van der Waals surface area contributed by atoms with Crippen molar-refractivity contribution in [3.63, 3.8) is 0 Å². The molecule has 9 heteroatoms. The fraction of sp³-hybridized carbons (Fsp3) is 0.655. The van der Waals surface area contributed by atoms with E-state index in [2.05, 4.69) is 0 Å². The number of rotatable bonds is 14. The molecule has 1 rings (SSSR count). The Morgan fingerprint density at radius 2 is 1.39 bits per heavy atom. The van der Waals surface area contributed by atoms with Gasteiger partial charge in [0.15, 0.2) is 11.5 Å². The van der Waals surface area contributed by atoms with Gasteiger partial charge in [-0.2, -0.15) is 0 Å². The molecule has 0 amide bonds. The lowest BCUT2D eigenvalue weighted by Crippen LogP contribution is -2.38. The van der Waals surface area contributed by atoms with Gasteiger partial charge in [-0.25, -0.2) is 0 Å². The molecule has 0 saturated heterocycles. The highest BCUT2D eigenvalue weighted by Gasteiger charge is 2.34. The van der Waals surface area contributed by atoms with Gasteiger partial charge in [0.2, 0.25) is 0 Å². The number of carboxylic acid groups (broad SMARTS) is 1. The number of esters is 3. The summed E-state index contributed by atoms with van der Waals surface area (Å²) >= 11 is 0. The van der Waals surface area contributed by atoms with Crippen molar-refractivity contribution in [2.45, 2.75) is 106 Å². The zero-order chi connectivity index (χ0) is 29.4. The quantitative estimate of drug-likeness (QED) is 0.242. The molecule has 0 aliphatic carbocycles. The van der Waals surface area contributed by atoms with Gasteiger partial charge in [-0.15, -0.1) is 0 Å². The molecular formula is C29H45NO8. The number of carbonyl (C=O) groups excluding carboxylic acids is 3. The zero-order valence-corrected chi connectivity index (χ0v) is 24.3. The van der Waals surface area contributed by atoms with E-state index in [0.717, 1.165) is 0 Å². The van der Waals surface area contributed by atoms with Crippen molar-refractivity contribution in [1.82, 2.24) is 0 Å². The zero-order valence-electron chi connectivity index (χ0n) is 24.3. The van der Waals surface area contributed by atoms with Crippen LogP contribution in [0.3, 0.4) is 0 Å². The lowest BCUT2D eigenvalue weighted by molar-refractivity contribution is -0.153. The van der Waals surface area contributed by atoms with Crippen molar-refractivity contribution in [1.29, 1.82) is 0 Å². The summed E-state index contributed by atoms with van der Waals surface area (Å²) < 4.78 is 16.9. The van der Waals surface area contributed by atoms with Crippen LogP contribution in [-0.4, -0.2) is 41.1 Å². The summed E-state index contributed by atoms with van der Waals surface area (Å²) in [4.78, 5) is 49.9. The van der Waals surface area contributed by atoms with Gasteiger partial charge in [-0.1, -0.05) is 33.8 Å². The summed E-state index contributed by atoms with van der Waals surface area (Å²) in [6.07, 6.45) is 1.15. The van der Waals surface area contributed by atoms with E-state index in [-0.39, 0.29) is 29.8 Å². The van der Waals surface area contributed by atoms with Crippen LogP contribution in [0.1, 0.15) is 99.5 Å². The van der Waals surface area contributed by atoms with Gasteiger partial charge in [0, 0.05) is 5.92 Å². The third-order valence-corrected chi connectivity index (χ3v) is 7.31. The van der Waals surface area contributed by atoms with E-state index in [4.69, 9.17) is 19.9 Å². The maximum absolute atomic E-state index is 12.9. The van der Waals surface area contributed by atoms with E-state index in [0.29, 0.717) is 24.8 Å². The van der Waals surface area contributed by atoms with E-state index in [1.807, 2.05) is 20.8 Å². The summed E-state index contributed by atoms with van der Waals surface area (Å²) in [5, 5.41) is 9.69. The van der Waals surface area contributed by atoms with Gasteiger partial charge in [-0.3, -0.25) is 19.2 Å². The van der Waals surface area contributed by atoms with Crippen molar-refractivity contribution in [2.24, 2.45) is 22.5 Å². The van der Waals surface area contributed by atoms with Gasteiger partial charge >= 0.3 is 23.9 Å². The van der Waals surface area contributed by atoms with E-state index < -0.39 is 46.8 Å². The van der Waals surface area contributed by atoms with Crippen molar-refractivity contribution >= 4 is 23.9 Å². The minimum Gasteiger partial charge on any atom is -0.480 e. The minimum absolute atomic E-state index is 0.0129. The number of ether oxygens (including phenoxy) is 3. The molecule has 0 spiro atoms. The summed E-state index contributed by atoms with van der Waals surface area (Å²) in [6.45, 7) is 16.0. The molecule has 4 atom stereocenters. The number of hydrogen-bond acceptors (Lipinski definition) is 8. The standard InChI is InChI=1S/C29H45NO8/c1-10-17(4)25(33)36-18(5)15-20(23(30)24(31)32)19-13-14-21(37-26(34)28(6,7)11-2)22(16-19)38-27(35)29(8,9)12-3/h13-14,16-18,20,23H,10-12,15,30H2,1-9H3,(H,31,32)/t17?,18?,20?,23-/m0/s1. The maximum atomic E-state index is 12.9. The first-order valence-corrected chi connectivity index (χ1v) is 13.3. The lowest BCUT2D eigenvalue weighted by Gasteiger charge is -2.27. The molecule has 1 aromatic rings. The smallest absolute Gasteiger partial charge is 0.321 e. The molecule has 9 nitrogen and oxygen atoms in total. The lowest BCUT2D eigenvalue weighted by atomic mass is 9.86. The molecule has 0 bridgehead atoms. The van der Waals surface area contributed by atoms with Crippen LogP contribution < -0.4 is 15.2 Å². The normalized spacial score (nSPS) is 15.1. The first-order valence-electron chi connectivity index (χ1n) is 13.3. The average Bonchev–Trinajstić information content (AvgIpc) is 2.86. The predicted octanol–water partition coefficient (Wildman–Crippen LogP) is 5.23. The Morgan fingerprint density at radius 1 is 0.895 bits per heavy atom. The third kappa shape index (κ3) is 8.82. The van der Waals surface area contributed by atoms with E-state index in [9.17, 15) is 24.3 Å². The number of hydrogen-bond donors (Lipinski definition) is 2. The Hall–Kier alpha value is -2.94. The molecule has 0 aliphatic rings. The molecule has 0 heterocycles. The molecule has 3 unspecified atom stereocenters. The molecule has 0 aromatic heterocycles. The summed E-state index contributed by atoms with van der Waals surface area (Å²) in [5.74, 6) is -3.69. The second kappa shape index (κ2) is 13.7. The number of aliphatic carboxylic acids is 1. The Bertz CT molecular complexity index is 1000. The highest BCUT2D eigenvalue weighted by molar-refractivity contribution is 5.82. The van der Waals surface area contributed by atoms with Crippen LogP contribution in [0, 0.1) is 16.7 Å². The van der Waals surface area contributed by atoms with Crippen LogP contribution in [0.2, 0.25) is 0 Å². The van der Waals surface area contributed by atoms with Crippen molar-refractivity contribution < 1.29 is 38.5 Å². The average molecular weight is 536 g/mol. The van der Waals surface area contributed by atoms with E-state index in [1.165, 1.54) is 12.1 Å². The molecule has 1 aromatic carbocycles. The molecule has 38 heavy (non-hydrogen) atoms. The molecule has 0 radical (unpaired) electrons. The maximum Gasteiger partial charge on any atom is 0.321 e. The van der Waals surface area contributed by atoms with Gasteiger partial charge in [-0.05, 0) is 78.0 Å². The van der Waals surface area contributed by atoms with Gasteiger partial charge in [0.05, 0.1) is 22.9 Å². The van der Waals surface area contributed by atoms with E-state index in [1.54, 1.807) is 47.6 Å². The number of nitrogens with two attached hydrogens (primary N) is 1. The van der Waals surface area contributed by atoms with Crippen molar-refractivity contribution in [2.75, 3.05) is 0 Å². The SMILES string of the molecule is CCC(C)C(=O)OC(C)CC(c1ccc(OC(=O)C(C)(C)CC)c(OC(=O)C(C)(C)CC)c1)[C@H](N)C(=O)O. The number of benzene rings is 1. The topological polar surface area (TPSA) is 142 Å². The van der Waals surface area contributed by atoms with Gasteiger partial charge in [0.1, 0.15) is 6.04 Å². The first kappa shape index (κ1) is 33.1. The second-order valence-corrected chi connectivity index (χ2v) is 11.2. The Morgan fingerprint density at radius 3 is 1.84 bits per heavy atom. The van der Waals surface area contributed by atoms with Gasteiger partial charge < -0.3 is 25.1 Å². The molecule has 214 valence electrons. The van der Waals surface area contributed by atoms with Gasteiger partial charge in [0.25, 0.3) is 0 Å². The third-order valence-electron chi connectivity index (χ3n) is 7.31. The molecule has 0 saturated carbocycles. The number of carboxylic acids is 1. The fourth-order valence-corrected chi connectivity index (χ4v) is 3.23. The van der Waals surface area contributed by atoms with Crippen LogP contribution >= 0.6 is 0 Å². The van der Waals surface area contributed by atoms with E-state index >= 15 is 0 Å². The van der Waals surface area contributed by atoms with Crippen LogP contribution in [-0.2, 0) is 23.9 Å². The highest BCUT2D eigenvalue weighted by Crippen LogP contribution is 2.37. The summed E-state index contributed by atoms with van der Waals surface area (Å²) in [6, 6.07) is 3.20. The number of carbonyl (C=O) groups is 4. The van der Waals surface area contributed by atoms with Crippen LogP contribution in [0.4, 0.5) is 0 Å². The highest BCUT2D eigenvalue weighted by atomic mass is 16.6. The van der Waals surface area contributed by atoms with Crippen LogP contribution in [0.5, 0.6) is 11.5 Å². The van der Waals surface area contributed by atoms with Crippen molar-refractivity contribution in [3.8, 4) is 11.5 Å². The van der Waals surface area contributed by atoms with Crippen LogP contribution in [0.15, 0.2) is 18.2 Å². The molecule has 3 N–H and O–H groups in total. The Labute approximate surface area is 226 Å². The molecular weight excluding hydrogens is 490 g/mol. The minimum atomic E-state index is -1.33. The van der Waals surface area contributed by atoms with Crippen molar-refractivity contribution in [3.05, 3.63) is 23.8 Å². The summed E-state index contributed by atoms with van der Waals surface area (Å²) in [7, 11) is 0. The largest absolute Gasteiger partial charge is 0.480 e. The second-order valence-electron chi connectivity index (χ2n) is 11.2. The molecule has 0 aliphatic heterocycles. The first-order chi connectivity index (χ1) is 17.5. The Kier molecular flexibility index (Phi) is 12.0. The summed E-state index contributed by atoms with van der Waals surface area (Å²) in [5.41, 5.74) is 4.92. The molecule has 0 fully saturated rings. The monoisotopic (exact) mass is 535 g/mol. The predicted molar refractivity (Wildman–Crippen MR) is 144 cm³/mol.